The zero-order valence-corrected chi connectivity index (χ0v) is 5.31. The molecule has 0 spiro atoms. The van der Waals surface area contributed by atoms with E-state index in [1.807, 2.05) is 25.7 Å². The maximum Gasteiger partial charge on any atom is 0.0174 e. The molecule has 0 aliphatic heterocycles. The third-order valence-corrected chi connectivity index (χ3v) is 1.41. The molecular formula is C10H4. The van der Waals surface area contributed by atoms with Crippen LogP contribution < -0.4 is 0 Å². The van der Waals surface area contributed by atoms with Crippen molar-refractivity contribution in [2.75, 3.05) is 0 Å². The van der Waals surface area contributed by atoms with E-state index in [-0.39, 0.29) is 0 Å². The van der Waals surface area contributed by atoms with Crippen molar-refractivity contribution in [1.29, 1.82) is 0 Å². The standard InChI is InChI=1S/C10H4/c1-2-5-9-7-4-8-10(9)6-3-1/h4-5,7-8H. The lowest BCUT2D eigenvalue weighted by atomic mass is 9.94. The van der Waals surface area contributed by atoms with E-state index in [0.717, 1.165) is 11.8 Å². The molecule has 1 saturated carbocycles. The summed E-state index contributed by atoms with van der Waals surface area (Å²) in [5, 5.41) is 0. The Kier molecular flexibility index (Phi) is 1.62. The monoisotopic (exact) mass is 124 g/mol. The highest BCUT2D eigenvalue weighted by molar-refractivity contribution is 5.52. The van der Waals surface area contributed by atoms with E-state index in [9.17, 15) is 0 Å². The molecule has 0 nitrogen and oxygen atoms in total. The van der Waals surface area contributed by atoms with E-state index < -0.39 is 0 Å². The quantitative estimate of drug-likeness (QED) is 0.456. The van der Waals surface area contributed by atoms with Crippen molar-refractivity contribution < 1.29 is 0 Å². The van der Waals surface area contributed by atoms with Gasteiger partial charge in [-0.05, 0) is 55.9 Å². The maximum atomic E-state index is 2.95. The average molecular weight is 124 g/mol. The van der Waals surface area contributed by atoms with Crippen LogP contribution in [0.4, 0.5) is 0 Å². The SMILES string of the molecule is [C]1=[C][CH][C]2[CH][CH][CH][C]2[C]=[C]1. The molecule has 2 aliphatic rings. The number of rotatable bonds is 0. The van der Waals surface area contributed by atoms with E-state index in [0.29, 0.717) is 0 Å². The van der Waals surface area contributed by atoms with Crippen molar-refractivity contribution in [1.82, 2.24) is 0 Å². The Hall–Kier alpha value is -0.520. The fraction of sp³-hybridized carbons (Fsp3) is 0. The number of fused-ring (bicyclic) bond motifs is 1. The summed E-state index contributed by atoms with van der Waals surface area (Å²) in [4.78, 5) is 0. The van der Waals surface area contributed by atoms with Crippen molar-refractivity contribution in [3.05, 3.63) is 61.8 Å². The molecule has 0 amide bonds. The zero-order chi connectivity index (χ0) is 6.81. The fourth-order valence-electron chi connectivity index (χ4n) is 0.922. The summed E-state index contributed by atoms with van der Waals surface area (Å²) in [7, 11) is 0. The maximum absolute atomic E-state index is 2.95. The molecule has 0 aromatic carbocycles. The minimum atomic E-state index is 1.07. The Morgan fingerprint density at radius 1 is 1.10 bits per heavy atom. The molecule has 0 aromatic rings. The normalized spacial score (nSPS) is 26.8. The van der Waals surface area contributed by atoms with Crippen LogP contribution in [0.1, 0.15) is 0 Å². The van der Waals surface area contributed by atoms with Crippen LogP contribution in [0.2, 0.25) is 0 Å². The Morgan fingerprint density at radius 2 is 2.10 bits per heavy atom. The van der Waals surface area contributed by atoms with E-state index in [1.54, 1.807) is 0 Å². The van der Waals surface area contributed by atoms with Gasteiger partial charge >= 0.3 is 0 Å². The van der Waals surface area contributed by atoms with Gasteiger partial charge in [0.2, 0.25) is 0 Å². The molecule has 0 heterocycles. The van der Waals surface area contributed by atoms with Gasteiger partial charge < -0.3 is 0 Å². The first-order valence-corrected chi connectivity index (χ1v) is 3.07. The molecule has 0 bridgehead atoms. The smallest absolute Gasteiger partial charge is 0.0174 e. The van der Waals surface area contributed by atoms with Crippen molar-refractivity contribution in [2.45, 2.75) is 0 Å². The van der Waals surface area contributed by atoms with Crippen LogP contribution in [0, 0.1) is 61.8 Å². The minimum absolute atomic E-state index is 1.07. The number of hydrogen-bond acceptors (Lipinski definition) is 0. The summed E-state index contributed by atoms with van der Waals surface area (Å²) in [6.07, 6.45) is 19.1. The Balaban J connectivity index is 2.12. The summed E-state index contributed by atoms with van der Waals surface area (Å²) >= 11 is 0. The lowest BCUT2D eigenvalue weighted by Gasteiger charge is -2.07. The summed E-state index contributed by atoms with van der Waals surface area (Å²) in [6, 6.07) is 0. The molecule has 44 valence electrons. The molecule has 0 saturated heterocycles. The van der Waals surface area contributed by atoms with Crippen LogP contribution >= 0.6 is 0 Å². The van der Waals surface area contributed by atoms with Gasteiger partial charge in [-0.25, -0.2) is 0 Å². The van der Waals surface area contributed by atoms with Crippen LogP contribution in [0.25, 0.3) is 0 Å². The zero-order valence-electron chi connectivity index (χ0n) is 5.31. The van der Waals surface area contributed by atoms with Crippen molar-refractivity contribution in [2.24, 2.45) is 0 Å². The lowest BCUT2D eigenvalue weighted by Crippen LogP contribution is -1.99. The van der Waals surface area contributed by atoms with Crippen molar-refractivity contribution in [3.63, 3.8) is 0 Å². The van der Waals surface area contributed by atoms with Gasteiger partial charge in [-0.1, -0.05) is 0 Å². The predicted molar refractivity (Wildman–Crippen MR) is 36.7 cm³/mol. The van der Waals surface area contributed by atoms with Gasteiger partial charge in [0.05, 0.1) is 0 Å². The summed E-state index contributed by atoms with van der Waals surface area (Å²) in [5.41, 5.74) is 0. The van der Waals surface area contributed by atoms with E-state index in [2.05, 4.69) is 24.3 Å². The van der Waals surface area contributed by atoms with Gasteiger partial charge in [-0.3, -0.25) is 0 Å². The molecule has 10 heavy (non-hydrogen) atoms. The first kappa shape index (κ1) is 6.21. The first-order valence-electron chi connectivity index (χ1n) is 3.07. The van der Waals surface area contributed by atoms with Crippen LogP contribution in [0.3, 0.4) is 0 Å². The molecule has 0 N–H and O–H groups in total. The first-order chi connectivity index (χ1) is 4.97. The highest BCUT2D eigenvalue weighted by Gasteiger charge is 2.27. The van der Waals surface area contributed by atoms with Crippen molar-refractivity contribution in [3.8, 4) is 0 Å². The highest BCUT2D eigenvalue weighted by Crippen LogP contribution is 2.36. The average Bonchev–Trinajstić information content (AvgIpc) is 2.28. The summed E-state index contributed by atoms with van der Waals surface area (Å²) in [5.74, 6) is 2.20. The molecule has 1 fully saturated rings. The third-order valence-electron chi connectivity index (χ3n) is 1.41. The van der Waals surface area contributed by atoms with Gasteiger partial charge in [-0.15, -0.1) is 0 Å². The molecule has 0 heteroatoms. The summed E-state index contributed by atoms with van der Waals surface area (Å²) in [6.45, 7) is 0. The number of allylic oxidation sites excluding steroid dienone is 4. The van der Waals surface area contributed by atoms with Gasteiger partial charge in [0.1, 0.15) is 0 Å². The molecule has 2 aliphatic carbocycles. The molecule has 0 aromatic heterocycles. The number of hydrogen-bond donors (Lipinski definition) is 0. The molecule has 0 unspecified atom stereocenters. The highest BCUT2D eigenvalue weighted by atomic mass is 14.3. The molecule has 2 rings (SSSR count). The van der Waals surface area contributed by atoms with E-state index >= 15 is 0 Å². The van der Waals surface area contributed by atoms with Crippen LogP contribution in [0.15, 0.2) is 0 Å². The van der Waals surface area contributed by atoms with E-state index in [4.69, 9.17) is 0 Å². The fourth-order valence-corrected chi connectivity index (χ4v) is 0.922. The second-order valence-corrected chi connectivity index (χ2v) is 2.06. The lowest BCUT2D eigenvalue weighted by molar-refractivity contribution is 1.17. The molecule has 10 radical (unpaired) electrons. The predicted octanol–water partition coefficient (Wildman–Crippen LogP) is 1.30. The van der Waals surface area contributed by atoms with Crippen LogP contribution in [-0.4, -0.2) is 0 Å². The van der Waals surface area contributed by atoms with Gasteiger partial charge in [0, 0.05) is 5.92 Å². The van der Waals surface area contributed by atoms with Crippen molar-refractivity contribution >= 4 is 0 Å². The second kappa shape index (κ2) is 2.61. The minimum Gasteiger partial charge on any atom is -0.0310 e. The summed E-state index contributed by atoms with van der Waals surface area (Å²) < 4.78 is 0. The van der Waals surface area contributed by atoms with Gasteiger partial charge in [0.15, 0.2) is 0 Å². The largest absolute Gasteiger partial charge is 0.0310 e. The van der Waals surface area contributed by atoms with E-state index in [1.165, 1.54) is 0 Å². The Labute approximate surface area is 62.6 Å². The third kappa shape index (κ3) is 1.03. The topological polar surface area (TPSA) is 0 Å². The Bertz CT molecular complexity index is 165. The molecular weight excluding hydrogens is 120 g/mol. The van der Waals surface area contributed by atoms with Gasteiger partial charge in [-0.2, -0.15) is 0 Å². The van der Waals surface area contributed by atoms with Gasteiger partial charge in [0.25, 0.3) is 0 Å². The van der Waals surface area contributed by atoms with Crippen LogP contribution in [0.5, 0.6) is 0 Å². The van der Waals surface area contributed by atoms with Crippen LogP contribution in [-0.2, 0) is 0 Å². The Morgan fingerprint density at radius 3 is 3.10 bits per heavy atom. The molecule has 0 atom stereocenters. The second-order valence-electron chi connectivity index (χ2n) is 2.06.